The number of urea groups is 1. The van der Waals surface area contributed by atoms with E-state index >= 15 is 0 Å². The number of benzene rings is 1. The molecule has 7 nitrogen and oxygen atoms in total. The second kappa shape index (κ2) is 6.87. The molecule has 1 aromatic rings. The molecule has 0 bridgehead atoms. The van der Waals surface area contributed by atoms with Gasteiger partial charge in [0, 0.05) is 25.0 Å². The number of carbonyl (C=O) groups excluding carboxylic acids is 3. The minimum absolute atomic E-state index is 0.181. The van der Waals surface area contributed by atoms with Crippen LogP contribution in [0.2, 0.25) is 0 Å². The molecule has 0 spiro atoms. The van der Waals surface area contributed by atoms with Gasteiger partial charge in [-0.1, -0.05) is 37.3 Å². The predicted octanol–water partition coefficient (Wildman–Crippen LogP) is 2.38. The molecule has 1 fully saturated rings. The van der Waals surface area contributed by atoms with E-state index in [2.05, 4.69) is 0 Å². The summed E-state index contributed by atoms with van der Waals surface area (Å²) in [6.07, 6.45) is 5.09. The molecule has 0 radical (unpaired) electrons. The predicted molar refractivity (Wildman–Crippen MR) is 93.1 cm³/mol. The number of allylic oxidation sites excluding steroid dienone is 3. The average Bonchev–Trinajstić information content (AvgIpc) is 2.61. The van der Waals surface area contributed by atoms with Gasteiger partial charge >= 0.3 is 6.03 Å². The largest absolute Gasteiger partial charge is 0.453 e. The van der Waals surface area contributed by atoms with Crippen LogP contribution in [0.1, 0.15) is 25.8 Å². The van der Waals surface area contributed by atoms with Crippen LogP contribution in [0.15, 0.2) is 59.9 Å². The number of rotatable bonds is 3. The fraction of sp³-hybridized carbons (Fsp3) is 0.211. The van der Waals surface area contributed by atoms with Crippen molar-refractivity contribution in [2.24, 2.45) is 0 Å². The summed E-state index contributed by atoms with van der Waals surface area (Å²) in [5.41, 5.74) is 0.702. The standard InChI is InChI=1S/C19H18N2O5/c1-3-19(2)25-13(11-15(26-19)12-7-5-4-6-8-12)9-10-14-16(22)20-18(24)21-17(14)23/h4-11H,3H2,1-2H3,(H2,20,21,22,23,24)/b13-9-/t19-/m1/s1. The van der Waals surface area contributed by atoms with Gasteiger partial charge in [-0.3, -0.25) is 20.2 Å². The van der Waals surface area contributed by atoms with Gasteiger partial charge in [-0.05, 0) is 12.2 Å². The number of barbiturate groups is 1. The number of nitrogens with one attached hydrogen (secondary N) is 2. The molecule has 26 heavy (non-hydrogen) atoms. The Morgan fingerprint density at radius 2 is 1.65 bits per heavy atom. The number of hydrogen-bond acceptors (Lipinski definition) is 5. The van der Waals surface area contributed by atoms with Crippen molar-refractivity contribution in [3.8, 4) is 0 Å². The lowest BCUT2D eigenvalue weighted by molar-refractivity contribution is -0.165. The Hall–Kier alpha value is -3.35. The Balaban J connectivity index is 1.95. The first-order chi connectivity index (χ1) is 12.4. The monoisotopic (exact) mass is 354 g/mol. The van der Waals surface area contributed by atoms with E-state index in [-0.39, 0.29) is 5.57 Å². The van der Waals surface area contributed by atoms with E-state index in [1.165, 1.54) is 12.2 Å². The van der Waals surface area contributed by atoms with Gasteiger partial charge in [0.25, 0.3) is 11.8 Å². The molecule has 1 saturated heterocycles. The maximum Gasteiger partial charge on any atom is 0.328 e. The Morgan fingerprint density at radius 3 is 2.27 bits per heavy atom. The molecule has 2 aliphatic heterocycles. The number of amides is 4. The molecular weight excluding hydrogens is 336 g/mol. The highest BCUT2D eigenvalue weighted by molar-refractivity contribution is 6.29. The molecule has 134 valence electrons. The molecule has 3 rings (SSSR count). The average molecular weight is 354 g/mol. The normalized spacial score (nSPS) is 24.2. The summed E-state index contributed by atoms with van der Waals surface area (Å²) < 4.78 is 11.8. The summed E-state index contributed by atoms with van der Waals surface area (Å²) in [4.78, 5) is 34.7. The van der Waals surface area contributed by atoms with E-state index in [0.717, 1.165) is 5.56 Å². The van der Waals surface area contributed by atoms with Crippen LogP contribution in [-0.4, -0.2) is 23.6 Å². The van der Waals surface area contributed by atoms with Crippen LogP contribution in [0.5, 0.6) is 0 Å². The fourth-order valence-electron chi connectivity index (χ4n) is 2.45. The van der Waals surface area contributed by atoms with E-state index in [1.54, 1.807) is 6.08 Å². The van der Waals surface area contributed by atoms with Crippen molar-refractivity contribution in [3.63, 3.8) is 0 Å². The van der Waals surface area contributed by atoms with Crippen LogP contribution in [0.25, 0.3) is 5.76 Å². The van der Waals surface area contributed by atoms with Crippen LogP contribution in [-0.2, 0) is 19.1 Å². The number of imide groups is 2. The number of ether oxygens (including phenoxy) is 2. The van der Waals surface area contributed by atoms with E-state index in [4.69, 9.17) is 9.47 Å². The van der Waals surface area contributed by atoms with Gasteiger partial charge in [-0.25, -0.2) is 4.79 Å². The highest BCUT2D eigenvalue weighted by Gasteiger charge is 2.32. The van der Waals surface area contributed by atoms with Crippen molar-refractivity contribution in [3.05, 3.63) is 65.5 Å². The molecule has 1 atom stereocenters. The lowest BCUT2D eigenvalue weighted by atomic mass is 10.1. The molecule has 2 N–H and O–H groups in total. The Bertz CT molecular complexity index is 832. The fourth-order valence-corrected chi connectivity index (χ4v) is 2.45. The van der Waals surface area contributed by atoms with E-state index < -0.39 is 23.6 Å². The maximum absolute atomic E-state index is 11.8. The van der Waals surface area contributed by atoms with Crippen LogP contribution in [0, 0.1) is 0 Å². The molecule has 4 amide bonds. The topological polar surface area (TPSA) is 93.7 Å². The molecule has 1 aromatic carbocycles. The van der Waals surface area contributed by atoms with E-state index in [0.29, 0.717) is 17.9 Å². The molecule has 0 saturated carbocycles. The Kier molecular flexibility index (Phi) is 4.62. The molecule has 2 aliphatic rings. The first-order valence-corrected chi connectivity index (χ1v) is 8.14. The smallest absolute Gasteiger partial charge is 0.328 e. The van der Waals surface area contributed by atoms with Crippen LogP contribution in [0.3, 0.4) is 0 Å². The second-order valence-electron chi connectivity index (χ2n) is 5.95. The molecule has 0 aromatic heterocycles. The van der Waals surface area contributed by atoms with Gasteiger partial charge in [0.15, 0.2) is 0 Å². The number of carbonyl (C=O) groups is 3. The van der Waals surface area contributed by atoms with Gasteiger partial charge in [0.2, 0.25) is 5.79 Å². The molecule has 2 heterocycles. The number of hydrogen-bond donors (Lipinski definition) is 2. The van der Waals surface area contributed by atoms with E-state index in [1.807, 2.05) is 54.8 Å². The summed E-state index contributed by atoms with van der Waals surface area (Å²) >= 11 is 0. The zero-order valence-corrected chi connectivity index (χ0v) is 14.4. The summed E-state index contributed by atoms with van der Waals surface area (Å²) in [6, 6.07) is 8.70. The highest BCUT2D eigenvalue weighted by atomic mass is 16.7. The third kappa shape index (κ3) is 3.66. The zero-order chi connectivity index (χ0) is 18.7. The van der Waals surface area contributed by atoms with Gasteiger partial charge in [0.05, 0.1) is 0 Å². The third-order valence-corrected chi connectivity index (χ3v) is 3.99. The first-order valence-electron chi connectivity index (χ1n) is 8.14. The van der Waals surface area contributed by atoms with Crippen LogP contribution in [0.4, 0.5) is 4.79 Å². The van der Waals surface area contributed by atoms with Crippen molar-refractivity contribution in [2.75, 3.05) is 0 Å². The van der Waals surface area contributed by atoms with Crippen molar-refractivity contribution < 1.29 is 23.9 Å². The SMILES string of the molecule is CC[C@@]1(C)OC(c2ccccc2)=C/C(=C/C=C2C(=O)NC(=O)NC2=O)O1. The Labute approximate surface area is 150 Å². The minimum Gasteiger partial charge on any atom is -0.453 e. The first kappa shape index (κ1) is 17.5. The quantitative estimate of drug-likeness (QED) is 0.642. The van der Waals surface area contributed by atoms with Gasteiger partial charge < -0.3 is 9.47 Å². The Morgan fingerprint density at radius 1 is 1.00 bits per heavy atom. The molecule has 7 heteroatoms. The van der Waals surface area contributed by atoms with Crippen molar-refractivity contribution in [1.82, 2.24) is 10.6 Å². The van der Waals surface area contributed by atoms with Gasteiger partial charge in [-0.15, -0.1) is 0 Å². The van der Waals surface area contributed by atoms with Crippen molar-refractivity contribution in [1.29, 1.82) is 0 Å². The third-order valence-electron chi connectivity index (χ3n) is 3.99. The van der Waals surface area contributed by atoms with Crippen LogP contribution < -0.4 is 10.6 Å². The highest BCUT2D eigenvalue weighted by Crippen LogP contribution is 2.34. The summed E-state index contributed by atoms with van der Waals surface area (Å²) in [6.45, 7) is 3.74. The summed E-state index contributed by atoms with van der Waals surface area (Å²) in [7, 11) is 0. The van der Waals surface area contributed by atoms with Gasteiger partial charge in [0.1, 0.15) is 17.1 Å². The van der Waals surface area contributed by atoms with Crippen LogP contribution >= 0.6 is 0 Å². The summed E-state index contributed by atoms with van der Waals surface area (Å²) in [5.74, 6) is -1.33. The lowest BCUT2D eigenvalue weighted by Crippen LogP contribution is -2.51. The lowest BCUT2D eigenvalue weighted by Gasteiger charge is -2.35. The van der Waals surface area contributed by atoms with Crippen molar-refractivity contribution in [2.45, 2.75) is 26.1 Å². The van der Waals surface area contributed by atoms with Gasteiger partial charge in [-0.2, -0.15) is 0 Å². The zero-order valence-electron chi connectivity index (χ0n) is 14.4. The molecular formula is C19H18N2O5. The molecule has 0 unspecified atom stereocenters. The van der Waals surface area contributed by atoms with E-state index in [9.17, 15) is 14.4 Å². The minimum atomic E-state index is -0.878. The summed E-state index contributed by atoms with van der Waals surface area (Å²) in [5, 5.41) is 4.04. The second-order valence-corrected chi connectivity index (χ2v) is 5.95. The molecule has 0 aliphatic carbocycles. The van der Waals surface area contributed by atoms with Crippen molar-refractivity contribution >= 4 is 23.6 Å². The maximum atomic E-state index is 11.8.